The minimum absolute atomic E-state index is 0.148. The zero-order valence-electron chi connectivity index (χ0n) is 14.9. The number of hydrogen-bond acceptors (Lipinski definition) is 4. The van der Waals surface area contributed by atoms with Crippen molar-refractivity contribution in [2.45, 2.75) is 20.8 Å². The van der Waals surface area contributed by atoms with Gasteiger partial charge in [-0.25, -0.2) is 9.78 Å². The summed E-state index contributed by atoms with van der Waals surface area (Å²) >= 11 is 0. The first kappa shape index (κ1) is 17.5. The molecule has 2 aromatic heterocycles. The number of nitrogens with zero attached hydrogens (tertiary/aromatic N) is 2. The van der Waals surface area contributed by atoms with Gasteiger partial charge >= 0.3 is 6.03 Å². The van der Waals surface area contributed by atoms with E-state index >= 15 is 0 Å². The van der Waals surface area contributed by atoms with Crippen LogP contribution in [0, 0.1) is 13.8 Å². The van der Waals surface area contributed by atoms with Crippen LogP contribution < -0.4 is 20.9 Å². The number of urea groups is 1. The predicted octanol–water partition coefficient (Wildman–Crippen LogP) is 3.35. The number of ether oxygens (including phenoxy) is 1. The van der Waals surface area contributed by atoms with Crippen LogP contribution in [0.2, 0.25) is 0 Å². The van der Waals surface area contributed by atoms with Gasteiger partial charge in [-0.2, -0.15) is 0 Å². The zero-order chi connectivity index (χ0) is 18.7. The maximum atomic E-state index is 12.6. The third-order valence-electron chi connectivity index (χ3n) is 3.83. The number of rotatable bonds is 4. The lowest BCUT2D eigenvalue weighted by Gasteiger charge is -2.11. The van der Waals surface area contributed by atoms with Crippen molar-refractivity contribution in [1.82, 2.24) is 9.38 Å². The van der Waals surface area contributed by atoms with Gasteiger partial charge in [0.05, 0.1) is 12.3 Å². The molecule has 0 unspecified atom stereocenters. The molecule has 2 N–H and O–H groups in total. The molecule has 2 amide bonds. The van der Waals surface area contributed by atoms with E-state index in [1.54, 1.807) is 37.4 Å². The second-order valence-corrected chi connectivity index (χ2v) is 5.85. The van der Waals surface area contributed by atoms with E-state index in [2.05, 4.69) is 15.6 Å². The molecule has 0 saturated carbocycles. The maximum absolute atomic E-state index is 12.6. The molecule has 2 heterocycles. The molecule has 0 saturated heterocycles. The molecular weight excluding hydrogens is 332 g/mol. The molecule has 1 aromatic carbocycles. The van der Waals surface area contributed by atoms with Crippen molar-refractivity contribution in [2.75, 3.05) is 17.2 Å². The number of aryl methyl sites for hydroxylation is 2. The summed E-state index contributed by atoms with van der Waals surface area (Å²) in [5, 5.41) is 5.29. The van der Waals surface area contributed by atoms with E-state index in [0.717, 1.165) is 11.3 Å². The molecule has 3 aromatic rings. The van der Waals surface area contributed by atoms with Gasteiger partial charge in [-0.15, -0.1) is 0 Å². The Kier molecular flexibility index (Phi) is 4.88. The highest BCUT2D eigenvalue weighted by Gasteiger charge is 2.13. The second-order valence-electron chi connectivity index (χ2n) is 5.85. The van der Waals surface area contributed by atoms with Crippen LogP contribution >= 0.6 is 0 Å². The Hall–Kier alpha value is -3.35. The van der Waals surface area contributed by atoms with Crippen molar-refractivity contribution in [1.29, 1.82) is 0 Å². The van der Waals surface area contributed by atoms with Crippen LogP contribution in [0.25, 0.3) is 5.65 Å². The van der Waals surface area contributed by atoms with E-state index in [1.807, 2.05) is 26.0 Å². The summed E-state index contributed by atoms with van der Waals surface area (Å²) in [7, 11) is 0. The summed E-state index contributed by atoms with van der Waals surface area (Å²) in [6, 6.07) is 10.1. The summed E-state index contributed by atoms with van der Waals surface area (Å²) in [5.41, 5.74) is 2.43. The normalized spacial score (nSPS) is 10.6. The number of anilines is 2. The van der Waals surface area contributed by atoms with E-state index in [4.69, 9.17) is 4.74 Å². The van der Waals surface area contributed by atoms with Crippen LogP contribution in [0.1, 0.15) is 18.2 Å². The smallest absolute Gasteiger partial charge is 0.323 e. The van der Waals surface area contributed by atoms with Gasteiger partial charge in [0, 0.05) is 11.9 Å². The molecule has 3 rings (SSSR count). The Morgan fingerprint density at radius 2 is 1.88 bits per heavy atom. The van der Waals surface area contributed by atoms with Crippen molar-refractivity contribution in [3.63, 3.8) is 0 Å². The van der Waals surface area contributed by atoms with Crippen LogP contribution in [0.15, 0.2) is 47.4 Å². The first-order valence-electron chi connectivity index (χ1n) is 8.28. The average Bonchev–Trinajstić information content (AvgIpc) is 2.60. The molecule has 0 spiro atoms. The zero-order valence-corrected chi connectivity index (χ0v) is 14.9. The number of fused-ring (bicyclic) bond motifs is 1. The molecule has 7 heteroatoms. The van der Waals surface area contributed by atoms with E-state index in [1.165, 1.54) is 4.40 Å². The SMILES string of the molecule is CCOc1ccc(NC(=O)Nc2c(C)nc3cc(C)ccn3c2=O)cc1. The summed E-state index contributed by atoms with van der Waals surface area (Å²) in [6.07, 6.45) is 1.65. The Labute approximate surface area is 150 Å². The van der Waals surface area contributed by atoms with E-state index in [0.29, 0.717) is 23.6 Å². The molecule has 0 aliphatic rings. The van der Waals surface area contributed by atoms with Gasteiger partial charge in [-0.05, 0) is 62.7 Å². The number of nitrogens with one attached hydrogen (secondary N) is 2. The number of carbonyl (C=O) groups excluding carboxylic acids is 1. The maximum Gasteiger partial charge on any atom is 0.323 e. The summed E-state index contributed by atoms with van der Waals surface area (Å²) in [4.78, 5) is 29.3. The first-order chi connectivity index (χ1) is 12.5. The van der Waals surface area contributed by atoms with E-state index in [-0.39, 0.29) is 11.2 Å². The van der Waals surface area contributed by atoms with Gasteiger partial charge in [-0.3, -0.25) is 9.20 Å². The predicted molar refractivity (Wildman–Crippen MR) is 101 cm³/mol. The molecule has 0 bridgehead atoms. The lowest BCUT2D eigenvalue weighted by atomic mass is 10.3. The topological polar surface area (TPSA) is 84.7 Å². The lowest BCUT2D eigenvalue weighted by molar-refractivity contribution is 0.262. The summed E-state index contributed by atoms with van der Waals surface area (Å²) in [5.74, 6) is 0.724. The van der Waals surface area contributed by atoms with Crippen molar-refractivity contribution in [2.24, 2.45) is 0 Å². The molecule has 0 aliphatic heterocycles. The largest absolute Gasteiger partial charge is 0.494 e. The fourth-order valence-corrected chi connectivity index (χ4v) is 2.57. The minimum Gasteiger partial charge on any atom is -0.494 e. The van der Waals surface area contributed by atoms with Gasteiger partial charge < -0.3 is 15.4 Å². The highest BCUT2D eigenvalue weighted by Crippen LogP contribution is 2.16. The standard InChI is InChI=1S/C19H20N4O3/c1-4-26-15-7-5-14(6-8-15)21-19(25)22-17-13(3)20-16-11-12(2)9-10-23(16)18(17)24/h5-11H,4H2,1-3H3,(H2,21,22,25). The van der Waals surface area contributed by atoms with Crippen molar-refractivity contribution in [3.8, 4) is 5.75 Å². The molecule has 7 nitrogen and oxygen atoms in total. The van der Waals surface area contributed by atoms with Crippen LogP contribution in [-0.4, -0.2) is 22.0 Å². The number of carbonyl (C=O) groups is 1. The summed E-state index contributed by atoms with van der Waals surface area (Å²) in [6.45, 7) is 6.10. The molecule has 0 aliphatic carbocycles. The van der Waals surface area contributed by atoms with Crippen molar-refractivity contribution in [3.05, 3.63) is 64.2 Å². The van der Waals surface area contributed by atoms with Crippen LogP contribution in [0.4, 0.5) is 16.2 Å². The van der Waals surface area contributed by atoms with Crippen LogP contribution in [0.3, 0.4) is 0 Å². The monoisotopic (exact) mass is 352 g/mol. The number of hydrogen-bond donors (Lipinski definition) is 2. The fourth-order valence-electron chi connectivity index (χ4n) is 2.57. The van der Waals surface area contributed by atoms with Crippen molar-refractivity contribution < 1.29 is 9.53 Å². The highest BCUT2D eigenvalue weighted by molar-refractivity contribution is 6.00. The Balaban J connectivity index is 1.80. The first-order valence-corrected chi connectivity index (χ1v) is 8.28. The molecule has 26 heavy (non-hydrogen) atoms. The fraction of sp³-hybridized carbons (Fsp3) is 0.211. The van der Waals surface area contributed by atoms with Gasteiger partial charge in [0.2, 0.25) is 0 Å². The number of pyridine rings is 1. The molecule has 0 atom stereocenters. The van der Waals surface area contributed by atoms with Gasteiger partial charge in [-0.1, -0.05) is 0 Å². The van der Waals surface area contributed by atoms with Crippen molar-refractivity contribution >= 4 is 23.1 Å². The van der Waals surface area contributed by atoms with Crippen LogP contribution in [0.5, 0.6) is 5.75 Å². The van der Waals surface area contributed by atoms with E-state index in [9.17, 15) is 9.59 Å². The second kappa shape index (κ2) is 7.26. The average molecular weight is 352 g/mol. The van der Waals surface area contributed by atoms with Gasteiger partial charge in [0.25, 0.3) is 5.56 Å². The molecular formula is C19H20N4O3. The number of benzene rings is 1. The van der Waals surface area contributed by atoms with E-state index < -0.39 is 6.03 Å². The number of aromatic nitrogens is 2. The summed E-state index contributed by atoms with van der Waals surface area (Å²) < 4.78 is 6.77. The van der Waals surface area contributed by atoms with Crippen LogP contribution in [-0.2, 0) is 0 Å². The molecule has 134 valence electrons. The minimum atomic E-state index is -0.511. The Morgan fingerprint density at radius 1 is 1.15 bits per heavy atom. The third kappa shape index (κ3) is 3.66. The quantitative estimate of drug-likeness (QED) is 0.754. The lowest BCUT2D eigenvalue weighted by Crippen LogP contribution is -2.27. The van der Waals surface area contributed by atoms with Gasteiger partial charge in [0.15, 0.2) is 0 Å². The Bertz CT molecular complexity index is 1010. The Morgan fingerprint density at radius 3 is 2.58 bits per heavy atom. The van der Waals surface area contributed by atoms with Gasteiger partial charge in [0.1, 0.15) is 17.1 Å². The third-order valence-corrected chi connectivity index (χ3v) is 3.83. The number of amides is 2. The molecule has 0 fully saturated rings. The highest BCUT2D eigenvalue weighted by atomic mass is 16.5. The molecule has 0 radical (unpaired) electrons.